The normalized spacial score (nSPS) is 26.3. The number of morpholine rings is 1. The van der Waals surface area contributed by atoms with Crippen molar-refractivity contribution in [2.24, 2.45) is 0 Å². The summed E-state index contributed by atoms with van der Waals surface area (Å²) >= 11 is 0. The average molecular weight is 373 g/mol. The van der Waals surface area contributed by atoms with Gasteiger partial charge in [0.05, 0.1) is 31.8 Å². The van der Waals surface area contributed by atoms with Crippen molar-refractivity contribution in [1.82, 2.24) is 20.0 Å². The molecule has 0 saturated carbocycles. The van der Waals surface area contributed by atoms with Crippen molar-refractivity contribution in [2.45, 2.75) is 31.0 Å². The van der Waals surface area contributed by atoms with Gasteiger partial charge in [0.25, 0.3) is 5.92 Å². The molecule has 132 valence electrons. The molecular weight excluding hydrogens is 353 g/mol. The van der Waals surface area contributed by atoms with Gasteiger partial charge in [-0.05, 0) is 6.07 Å². The van der Waals surface area contributed by atoms with Gasteiger partial charge in [-0.2, -0.15) is 5.10 Å². The van der Waals surface area contributed by atoms with Gasteiger partial charge in [0, 0.05) is 31.9 Å². The number of carbonyl (C=O) groups excluding carboxylic acids is 1. The highest BCUT2D eigenvalue weighted by Crippen LogP contribution is 2.26. The third kappa shape index (κ3) is 5.00. The van der Waals surface area contributed by atoms with Gasteiger partial charge in [-0.15, -0.1) is 24.8 Å². The number of alkyl halides is 2. The van der Waals surface area contributed by atoms with Gasteiger partial charge < -0.3 is 9.64 Å². The van der Waals surface area contributed by atoms with E-state index in [1.54, 1.807) is 15.8 Å². The number of amides is 1. The van der Waals surface area contributed by atoms with E-state index in [2.05, 4.69) is 10.4 Å². The van der Waals surface area contributed by atoms with Gasteiger partial charge in [-0.25, -0.2) is 8.78 Å². The summed E-state index contributed by atoms with van der Waals surface area (Å²) < 4.78 is 33.7. The number of rotatable bonds is 3. The van der Waals surface area contributed by atoms with Crippen LogP contribution in [0.1, 0.15) is 6.42 Å². The minimum atomic E-state index is -2.79. The van der Waals surface area contributed by atoms with Crippen LogP contribution in [-0.2, 0) is 16.1 Å². The Morgan fingerprint density at radius 1 is 1.43 bits per heavy atom. The molecule has 3 rings (SSSR count). The summed E-state index contributed by atoms with van der Waals surface area (Å²) in [5.74, 6) is -3.05. The first-order valence-corrected chi connectivity index (χ1v) is 7.02. The zero-order valence-electron chi connectivity index (χ0n) is 12.4. The molecule has 23 heavy (non-hydrogen) atoms. The largest absolute Gasteiger partial charge is 0.373 e. The van der Waals surface area contributed by atoms with Gasteiger partial charge in [-0.1, -0.05) is 0 Å². The van der Waals surface area contributed by atoms with Crippen molar-refractivity contribution in [3.63, 3.8) is 0 Å². The lowest BCUT2D eigenvalue weighted by Crippen LogP contribution is -2.52. The van der Waals surface area contributed by atoms with Gasteiger partial charge in [0.2, 0.25) is 5.91 Å². The van der Waals surface area contributed by atoms with Crippen molar-refractivity contribution in [3.8, 4) is 0 Å². The Labute approximate surface area is 145 Å². The molecule has 1 amide bonds. The molecule has 1 N–H and O–H groups in total. The Balaban J connectivity index is 0.00000132. The second-order valence-corrected chi connectivity index (χ2v) is 5.50. The van der Waals surface area contributed by atoms with E-state index < -0.39 is 24.9 Å². The van der Waals surface area contributed by atoms with Crippen molar-refractivity contribution >= 4 is 30.7 Å². The van der Waals surface area contributed by atoms with Crippen LogP contribution in [0.25, 0.3) is 0 Å². The minimum absolute atomic E-state index is 0. The maximum absolute atomic E-state index is 13.2. The predicted octanol–water partition coefficient (Wildman–Crippen LogP) is 0.951. The third-order valence-electron chi connectivity index (χ3n) is 3.81. The van der Waals surface area contributed by atoms with Crippen LogP contribution < -0.4 is 5.32 Å². The molecule has 10 heteroatoms. The van der Waals surface area contributed by atoms with Gasteiger partial charge in [0.1, 0.15) is 0 Å². The maximum atomic E-state index is 13.2. The lowest BCUT2D eigenvalue weighted by atomic mass is 10.1. The molecule has 0 radical (unpaired) electrons. The number of carbonyl (C=O) groups is 1. The standard InChI is InChI=1S/C13H18F2N4O2.2ClH/c14-13(15)6-11(16-9-13)12(20)18-4-5-21-10(7-18)8-19-3-1-2-17-19;;/h1-3,10-11,16H,4-9H2;2*1H. The Kier molecular flexibility index (Phi) is 7.19. The first-order valence-electron chi connectivity index (χ1n) is 7.02. The lowest BCUT2D eigenvalue weighted by Gasteiger charge is -2.34. The molecule has 0 spiro atoms. The van der Waals surface area contributed by atoms with E-state index >= 15 is 0 Å². The van der Waals surface area contributed by atoms with Crippen molar-refractivity contribution in [2.75, 3.05) is 26.2 Å². The van der Waals surface area contributed by atoms with Gasteiger partial charge in [0.15, 0.2) is 0 Å². The molecule has 0 aliphatic carbocycles. The van der Waals surface area contributed by atoms with E-state index in [1.807, 2.05) is 12.3 Å². The summed E-state index contributed by atoms with van der Waals surface area (Å²) in [7, 11) is 0. The Morgan fingerprint density at radius 2 is 2.22 bits per heavy atom. The first kappa shape index (κ1) is 20.1. The third-order valence-corrected chi connectivity index (χ3v) is 3.81. The summed E-state index contributed by atoms with van der Waals surface area (Å²) in [6.45, 7) is 1.39. The van der Waals surface area contributed by atoms with E-state index in [0.29, 0.717) is 26.2 Å². The van der Waals surface area contributed by atoms with E-state index in [9.17, 15) is 13.6 Å². The molecule has 2 unspecified atom stereocenters. The zero-order chi connectivity index (χ0) is 14.9. The molecule has 2 saturated heterocycles. The van der Waals surface area contributed by atoms with Crippen molar-refractivity contribution in [1.29, 1.82) is 0 Å². The summed E-state index contributed by atoms with van der Waals surface area (Å²) in [5.41, 5.74) is 0. The van der Waals surface area contributed by atoms with Crippen LogP contribution in [-0.4, -0.2) is 64.9 Å². The first-order chi connectivity index (χ1) is 10.0. The summed E-state index contributed by atoms with van der Waals surface area (Å²) in [5, 5.41) is 6.70. The molecule has 2 fully saturated rings. The quantitative estimate of drug-likeness (QED) is 0.858. The molecule has 2 aliphatic rings. The number of hydrogen-bond donors (Lipinski definition) is 1. The van der Waals surface area contributed by atoms with Crippen LogP contribution in [0.2, 0.25) is 0 Å². The highest BCUT2D eigenvalue weighted by Gasteiger charge is 2.44. The van der Waals surface area contributed by atoms with Crippen LogP contribution in [0.5, 0.6) is 0 Å². The zero-order valence-corrected chi connectivity index (χ0v) is 14.0. The van der Waals surface area contributed by atoms with E-state index in [0.717, 1.165) is 0 Å². The fourth-order valence-electron chi connectivity index (χ4n) is 2.76. The highest BCUT2D eigenvalue weighted by molar-refractivity contribution is 5.85. The number of nitrogens with one attached hydrogen (secondary N) is 1. The Bertz CT molecular complexity index is 504. The second-order valence-electron chi connectivity index (χ2n) is 5.50. The fraction of sp³-hybridized carbons (Fsp3) is 0.692. The van der Waals surface area contributed by atoms with Gasteiger partial charge in [-0.3, -0.25) is 14.8 Å². The monoisotopic (exact) mass is 372 g/mol. The molecule has 1 aromatic rings. The van der Waals surface area contributed by atoms with Crippen LogP contribution >= 0.6 is 24.8 Å². The van der Waals surface area contributed by atoms with Crippen LogP contribution in [0.3, 0.4) is 0 Å². The summed E-state index contributed by atoms with van der Waals surface area (Å²) in [4.78, 5) is 13.9. The molecule has 6 nitrogen and oxygen atoms in total. The topological polar surface area (TPSA) is 59.4 Å². The number of hydrogen-bond acceptors (Lipinski definition) is 4. The average Bonchev–Trinajstić information content (AvgIpc) is 3.08. The lowest BCUT2D eigenvalue weighted by molar-refractivity contribution is -0.141. The molecule has 2 aliphatic heterocycles. The fourth-order valence-corrected chi connectivity index (χ4v) is 2.76. The number of halogens is 4. The van der Waals surface area contributed by atoms with E-state index in [4.69, 9.17) is 4.74 Å². The number of aromatic nitrogens is 2. The number of nitrogens with zero attached hydrogens (tertiary/aromatic N) is 3. The molecule has 3 heterocycles. The van der Waals surface area contributed by atoms with Gasteiger partial charge >= 0.3 is 0 Å². The highest BCUT2D eigenvalue weighted by atomic mass is 35.5. The number of ether oxygens (including phenoxy) is 1. The summed E-state index contributed by atoms with van der Waals surface area (Å²) in [6.07, 6.45) is 2.91. The SMILES string of the molecule is Cl.Cl.O=C(C1CC(F)(F)CN1)N1CCOC(Cn2cccn2)C1. The smallest absolute Gasteiger partial charge is 0.262 e. The Hall–Kier alpha value is -0.960. The Morgan fingerprint density at radius 3 is 2.83 bits per heavy atom. The van der Waals surface area contributed by atoms with Crippen LogP contribution in [0, 0.1) is 0 Å². The molecule has 0 aromatic carbocycles. The van der Waals surface area contributed by atoms with Crippen molar-refractivity contribution < 1.29 is 18.3 Å². The molecule has 0 bridgehead atoms. The minimum Gasteiger partial charge on any atom is -0.373 e. The molecule has 1 aromatic heterocycles. The van der Waals surface area contributed by atoms with Crippen molar-refractivity contribution in [3.05, 3.63) is 18.5 Å². The molecular formula is C13H20Cl2F2N4O2. The van der Waals surface area contributed by atoms with Crippen LogP contribution in [0.4, 0.5) is 8.78 Å². The second kappa shape index (κ2) is 8.23. The maximum Gasteiger partial charge on any atom is 0.262 e. The predicted molar refractivity (Wildman–Crippen MR) is 84.4 cm³/mol. The van der Waals surface area contributed by atoms with Crippen LogP contribution in [0.15, 0.2) is 18.5 Å². The van der Waals surface area contributed by atoms with E-state index in [-0.39, 0.29) is 36.8 Å². The van der Waals surface area contributed by atoms with E-state index in [1.165, 1.54) is 0 Å². The summed E-state index contributed by atoms with van der Waals surface area (Å²) in [6, 6.07) is 1.03. The molecule has 2 atom stereocenters.